The number of carboxylic acids is 1. The van der Waals surface area contributed by atoms with E-state index in [0.29, 0.717) is 6.42 Å². The fourth-order valence-corrected chi connectivity index (χ4v) is 1.71. The summed E-state index contributed by atoms with van der Waals surface area (Å²) in [6.45, 7) is 3.79. The molecule has 1 aromatic heterocycles. The van der Waals surface area contributed by atoms with Crippen LogP contribution < -0.4 is 16.4 Å². The zero-order chi connectivity index (χ0) is 16.0. The van der Waals surface area contributed by atoms with E-state index >= 15 is 0 Å². The Hall–Kier alpha value is -2.64. The number of nitrogens with two attached hydrogens (primary N) is 1. The molecule has 1 unspecified atom stereocenters. The first-order valence-corrected chi connectivity index (χ1v) is 6.36. The molecule has 3 amide bonds. The number of primary amides is 1. The van der Waals surface area contributed by atoms with Crippen LogP contribution in [0.15, 0.2) is 18.2 Å². The number of nitrogens with one attached hydrogen (secondary N) is 2. The van der Waals surface area contributed by atoms with Gasteiger partial charge >= 0.3 is 12.0 Å². The number of carbonyl (C=O) groups excluding carboxylic acids is 2. The number of carbonyl (C=O) groups is 3. The van der Waals surface area contributed by atoms with Crippen LogP contribution >= 0.6 is 0 Å². The number of rotatable bonds is 6. The lowest BCUT2D eigenvalue weighted by molar-refractivity contribution is -0.118. The Labute approximate surface area is 121 Å². The second kappa shape index (κ2) is 7.22. The average Bonchev–Trinajstić information content (AvgIpc) is 2.37. The molecular weight excluding hydrogens is 276 g/mol. The van der Waals surface area contributed by atoms with Crippen molar-refractivity contribution in [3.8, 4) is 0 Å². The number of aromatic nitrogens is 1. The highest BCUT2D eigenvalue weighted by Crippen LogP contribution is 2.09. The Morgan fingerprint density at radius 2 is 2.00 bits per heavy atom. The number of carboxylic acid groups (broad SMARTS) is 1. The van der Waals surface area contributed by atoms with E-state index in [-0.39, 0.29) is 17.4 Å². The first-order chi connectivity index (χ1) is 9.79. The number of amides is 3. The maximum atomic E-state index is 12.1. The minimum atomic E-state index is -1.19. The van der Waals surface area contributed by atoms with Gasteiger partial charge in [-0.05, 0) is 24.5 Å². The summed E-state index contributed by atoms with van der Waals surface area (Å²) >= 11 is 0. The van der Waals surface area contributed by atoms with E-state index in [4.69, 9.17) is 10.8 Å². The van der Waals surface area contributed by atoms with E-state index in [1.807, 2.05) is 13.8 Å². The third-order valence-electron chi connectivity index (χ3n) is 2.56. The summed E-state index contributed by atoms with van der Waals surface area (Å²) in [6.07, 6.45) is 0.396. The van der Waals surface area contributed by atoms with Crippen molar-refractivity contribution in [3.63, 3.8) is 0 Å². The third kappa shape index (κ3) is 5.47. The van der Waals surface area contributed by atoms with E-state index in [2.05, 4.69) is 15.6 Å². The number of urea groups is 1. The van der Waals surface area contributed by atoms with Crippen molar-refractivity contribution < 1.29 is 19.5 Å². The monoisotopic (exact) mass is 294 g/mol. The Morgan fingerprint density at radius 1 is 1.33 bits per heavy atom. The van der Waals surface area contributed by atoms with Crippen LogP contribution in [0.5, 0.6) is 0 Å². The van der Waals surface area contributed by atoms with Crippen LogP contribution in [0.2, 0.25) is 0 Å². The van der Waals surface area contributed by atoms with E-state index in [1.165, 1.54) is 18.2 Å². The molecule has 114 valence electrons. The van der Waals surface area contributed by atoms with Gasteiger partial charge < -0.3 is 21.5 Å². The van der Waals surface area contributed by atoms with E-state index in [9.17, 15) is 14.4 Å². The highest BCUT2D eigenvalue weighted by molar-refractivity contribution is 5.96. The van der Waals surface area contributed by atoms with Gasteiger partial charge in [-0.25, -0.2) is 14.6 Å². The average molecular weight is 294 g/mol. The SMILES string of the molecule is CC(C)CC(NC(N)=O)C(=O)Nc1cccc(C(=O)O)n1. The topological polar surface area (TPSA) is 134 Å². The molecule has 0 aliphatic rings. The molecule has 0 aromatic carbocycles. The first-order valence-electron chi connectivity index (χ1n) is 6.36. The van der Waals surface area contributed by atoms with Gasteiger partial charge in [-0.2, -0.15) is 0 Å². The second-order valence-corrected chi connectivity index (χ2v) is 4.89. The molecule has 1 rings (SSSR count). The molecule has 1 heterocycles. The predicted molar refractivity (Wildman–Crippen MR) is 75.8 cm³/mol. The number of hydrogen-bond donors (Lipinski definition) is 4. The molecule has 21 heavy (non-hydrogen) atoms. The largest absolute Gasteiger partial charge is 0.477 e. The number of pyridine rings is 1. The van der Waals surface area contributed by atoms with Crippen LogP contribution in [-0.4, -0.2) is 34.0 Å². The Bertz CT molecular complexity index is 545. The summed E-state index contributed by atoms with van der Waals surface area (Å²) in [5.74, 6) is -1.44. The van der Waals surface area contributed by atoms with Crippen LogP contribution in [0.25, 0.3) is 0 Å². The molecule has 0 aliphatic heterocycles. The predicted octanol–water partition coefficient (Wildman–Crippen LogP) is 0.801. The zero-order valence-corrected chi connectivity index (χ0v) is 11.8. The quantitative estimate of drug-likeness (QED) is 0.615. The van der Waals surface area contributed by atoms with E-state index in [0.717, 1.165) is 0 Å². The maximum Gasteiger partial charge on any atom is 0.354 e. The summed E-state index contributed by atoms with van der Waals surface area (Å²) in [7, 11) is 0. The standard InChI is InChI=1S/C13H18N4O4/c1-7(2)6-9(16-13(14)21)11(18)17-10-5-3-4-8(15-10)12(19)20/h3-5,7,9H,6H2,1-2H3,(H,19,20)(H3,14,16,21)(H,15,17,18). The van der Waals surface area contributed by atoms with Gasteiger partial charge in [-0.15, -0.1) is 0 Å². The molecule has 0 spiro atoms. The van der Waals surface area contributed by atoms with Crippen LogP contribution in [0.3, 0.4) is 0 Å². The van der Waals surface area contributed by atoms with Gasteiger partial charge in [-0.3, -0.25) is 4.79 Å². The van der Waals surface area contributed by atoms with Crippen LogP contribution in [0.4, 0.5) is 10.6 Å². The minimum absolute atomic E-state index is 0.0972. The van der Waals surface area contributed by atoms with Crippen molar-refractivity contribution in [1.29, 1.82) is 0 Å². The van der Waals surface area contributed by atoms with Crippen molar-refractivity contribution >= 4 is 23.7 Å². The summed E-state index contributed by atoms with van der Waals surface area (Å²) in [5.41, 5.74) is 4.86. The number of anilines is 1. The van der Waals surface area contributed by atoms with Crippen molar-refractivity contribution in [2.45, 2.75) is 26.3 Å². The summed E-state index contributed by atoms with van der Waals surface area (Å²) in [4.78, 5) is 37.6. The lowest BCUT2D eigenvalue weighted by atomic mass is 10.0. The van der Waals surface area contributed by atoms with E-state index in [1.54, 1.807) is 0 Å². The number of aromatic carboxylic acids is 1. The highest BCUT2D eigenvalue weighted by atomic mass is 16.4. The van der Waals surface area contributed by atoms with Gasteiger partial charge in [0.25, 0.3) is 0 Å². The molecule has 8 heteroatoms. The molecule has 8 nitrogen and oxygen atoms in total. The summed E-state index contributed by atoms with van der Waals surface area (Å²) < 4.78 is 0. The molecule has 0 bridgehead atoms. The maximum absolute atomic E-state index is 12.1. The lowest BCUT2D eigenvalue weighted by Gasteiger charge is -2.18. The highest BCUT2D eigenvalue weighted by Gasteiger charge is 2.21. The first kappa shape index (κ1) is 16.4. The molecule has 1 atom stereocenters. The number of nitrogens with zero attached hydrogens (tertiary/aromatic N) is 1. The van der Waals surface area contributed by atoms with Gasteiger partial charge in [0, 0.05) is 0 Å². The lowest BCUT2D eigenvalue weighted by Crippen LogP contribution is -2.46. The second-order valence-electron chi connectivity index (χ2n) is 4.89. The fourth-order valence-electron chi connectivity index (χ4n) is 1.71. The Morgan fingerprint density at radius 3 is 2.52 bits per heavy atom. The summed E-state index contributed by atoms with van der Waals surface area (Å²) in [5, 5.41) is 13.7. The molecule has 0 aliphatic carbocycles. The normalized spacial score (nSPS) is 11.8. The molecular formula is C13H18N4O4. The Kier molecular flexibility index (Phi) is 5.65. The van der Waals surface area contributed by atoms with Gasteiger partial charge in [0.1, 0.15) is 11.9 Å². The van der Waals surface area contributed by atoms with Crippen LogP contribution in [-0.2, 0) is 4.79 Å². The zero-order valence-electron chi connectivity index (χ0n) is 11.8. The van der Waals surface area contributed by atoms with Crippen molar-refractivity contribution in [1.82, 2.24) is 10.3 Å². The minimum Gasteiger partial charge on any atom is -0.477 e. The number of hydrogen-bond acceptors (Lipinski definition) is 4. The Balaban J connectivity index is 2.82. The molecule has 0 radical (unpaired) electrons. The molecule has 0 saturated heterocycles. The van der Waals surface area contributed by atoms with Crippen LogP contribution in [0, 0.1) is 5.92 Å². The molecule has 0 saturated carbocycles. The molecule has 5 N–H and O–H groups in total. The van der Waals surface area contributed by atoms with E-state index < -0.39 is 23.9 Å². The van der Waals surface area contributed by atoms with Crippen molar-refractivity contribution in [3.05, 3.63) is 23.9 Å². The molecule has 1 aromatic rings. The van der Waals surface area contributed by atoms with Crippen molar-refractivity contribution in [2.75, 3.05) is 5.32 Å². The fraction of sp³-hybridized carbons (Fsp3) is 0.385. The molecule has 0 fully saturated rings. The van der Waals surface area contributed by atoms with Gasteiger partial charge in [0.2, 0.25) is 5.91 Å². The van der Waals surface area contributed by atoms with Crippen LogP contribution in [0.1, 0.15) is 30.8 Å². The summed E-state index contributed by atoms with van der Waals surface area (Å²) in [6, 6.07) is 2.62. The third-order valence-corrected chi connectivity index (χ3v) is 2.56. The smallest absolute Gasteiger partial charge is 0.354 e. The van der Waals surface area contributed by atoms with Gasteiger partial charge in [-0.1, -0.05) is 19.9 Å². The van der Waals surface area contributed by atoms with Gasteiger partial charge in [0.15, 0.2) is 5.69 Å². The van der Waals surface area contributed by atoms with Crippen molar-refractivity contribution in [2.24, 2.45) is 11.7 Å². The van der Waals surface area contributed by atoms with Gasteiger partial charge in [0.05, 0.1) is 0 Å².